The maximum Gasteiger partial charge on any atom is 0.0977 e. The minimum absolute atomic E-state index is 0.139. The Morgan fingerprint density at radius 3 is 2.64 bits per heavy atom. The van der Waals surface area contributed by atoms with Gasteiger partial charge in [-0.05, 0) is 20.4 Å². The molecule has 3 unspecified atom stereocenters. The van der Waals surface area contributed by atoms with Gasteiger partial charge in [0.1, 0.15) is 0 Å². The summed E-state index contributed by atoms with van der Waals surface area (Å²) < 4.78 is 12.5. The van der Waals surface area contributed by atoms with Crippen molar-refractivity contribution in [3.05, 3.63) is 0 Å². The lowest BCUT2D eigenvalue weighted by Crippen LogP contribution is -2.20. The van der Waals surface area contributed by atoms with Crippen LogP contribution in [0.25, 0.3) is 0 Å². The molecule has 3 atom stereocenters. The fraction of sp³-hybridized carbons (Fsp3) is 1.00. The highest BCUT2D eigenvalue weighted by molar-refractivity contribution is 4.82. The molecule has 0 aliphatic carbocycles. The second kappa shape index (κ2) is 3.50. The summed E-state index contributed by atoms with van der Waals surface area (Å²) in [4.78, 5) is 2.04. The van der Waals surface area contributed by atoms with Crippen molar-refractivity contribution in [2.24, 2.45) is 5.92 Å². The van der Waals surface area contributed by atoms with Crippen molar-refractivity contribution >= 4 is 0 Å². The summed E-state index contributed by atoms with van der Waals surface area (Å²) in [5.41, 5.74) is 0. The molecule has 1 aliphatic heterocycles. The first-order chi connectivity index (χ1) is 5.09. The SMILES string of the molecule is CC(F)CC1CN(C)CC1O. The average Bonchev–Trinajstić information content (AvgIpc) is 2.09. The Morgan fingerprint density at radius 2 is 2.27 bits per heavy atom. The molecule has 66 valence electrons. The third-order valence-electron chi connectivity index (χ3n) is 2.22. The van der Waals surface area contributed by atoms with E-state index >= 15 is 0 Å². The Kier molecular flexibility index (Phi) is 2.84. The molecule has 11 heavy (non-hydrogen) atoms. The van der Waals surface area contributed by atoms with Crippen molar-refractivity contribution in [2.75, 3.05) is 20.1 Å². The first-order valence-electron chi connectivity index (χ1n) is 4.10. The van der Waals surface area contributed by atoms with Crippen LogP contribution in [0.2, 0.25) is 0 Å². The molecule has 1 saturated heterocycles. The summed E-state index contributed by atoms with van der Waals surface area (Å²) in [5.74, 6) is 0.139. The molecule has 0 aromatic rings. The van der Waals surface area contributed by atoms with E-state index in [-0.39, 0.29) is 12.0 Å². The van der Waals surface area contributed by atoms with Crippen molar-refractivity contribution in [1.82, 2.24) is 4.90 Å². The molecule has 1 N–H and O–H groups in total. The average molecular weight is 161 g/mol. The number of likely N-dealkylation sites (N-methyl/N-ethyl adjacent to an activating group) is 1. The highest BCUT2D eigenvalue weighted by Gasteiger charge is 2.29. The van der Waals surface area contributed by atoms with E-state index in [9.17, 15) is 9.50 Å². The van der Waals surface area contributed by atoms with Crippen LogP contribution < -0.4 is 0 Å². The van der Waals surface area contributed by atoms with Gasteiger partial charge in [-0.1, -0.05) is 0 Å². The number of hydrogen-bond acceptors (Lipinski definition) is 2. The summed E-state index contributed by atoms with van der Waals surface area (Å²) in [5, 5.41) is 9.40. The minimum atomic E-state index is -0.791. The normalized spacial score (nSPS) is 36.0. The molecule has 0 aromatic carbocycles. The van der Waals surface area contributed by atoms with Crippen LogP contribution in [0.15, 0.2) is 0 Å². The van der Waals surface area contributed by atoms with E-state index in [1.807, 2.05) is 11.9 Å². The Morgan fingerprint density at radius 1 is 1.64 bits per heavy atom. The predicted molar refractivity (Wildman–Crippen MR) is 42.2 cm³/mol. The molecule has 0 spiro atoms. The highest BCUT2D eigenvalue weighted by Crippen LogP contribution is 2.21. The van der Waals surface area contributed by atoms with E-state index in [4.69, 9.17) is 0 Å². The van der Waals surface area contributed by atoms with E-state index in [0.29, 0.717) is 13.0 Å². The van der Waals surface area contributed by atoms with Crippen LogP contribution in [0.3, 0.4) is 0 Å². The molecule has 0 radical (unpaired) electrons. The summed E-state index contributed by atoms with van der Waals surface area (Å²) in [6.07, 6.45) is -0.620. The van der Waals surface area contributed by atoms with Gasteiger partial charge in [0.15, 0.2) is 0 Å². The molecule has 1 rings (SSSR count). The third-order valence-corrected chi connectivity index (χ3v) is 2.22. The van der Waals surface area contributed by atoms with Gasteiger partial charge in [-0.15, -0.1) is 0 Å². The highest BCUT2D eigenvalue weighted by atomic mass is 19.1. The molecular weight excluding hydrogens is 145 g/mol. The number of likely N-dealkylation sites (tertiary alicyclic amines) is 1. The Hall–Kier alpha value is -0.150. The van der Waals surface area contributed by atoms with Crippen LogP contribution in [0.1, 0.15) is 13.3 Å². The molecule has 0 amide bonds. The number of β-amino-alcohol motifs (C(OH)–C–C–N with tert-alkyl or cyclic N) is 1. The summed E-state index contributed by atoms with van der Waals surface area (Å²) in [6.45, 7) is 3.07. The van der Waals surface area contributed by atoms with Crippen molar-refractivity contribution < 1.29 is 9.50 Å². The van der Waals surface area contributed by atoms with Gasteiger partial charge in [-0.25, -0.2) is 4.39 Å². The van der Waals surface area contributed by atoms with Crippen LogP contribution in [0.4, 0.5) is 4.39 Å². The fourth-order valence-corrected chi connectivity index (χ4v) is 1.71. The molecule has 0 saturated carbocycles. The van der Waals surface area contributed by atoms with Gasteiger partial charge in [0, 0.05) is 19.0 Å². The maximum absolute atomic E-state index is 12.5. The molecule has 2 nitrogen and oxygen atoms in total. The van der Waals surface area contributed by atoms with Gasteiger partial charge < -0.3 is 10.0 Å². The number of alkyl halides is 1. The molecule has 1 heterocycles. The fourth-order valence-electron chi connectivity index (χ4n) is 1.71. The van der Waals surface area contributed by atoms with Crippen molar-refractivity contribution in [2.45, 2.75) is 25.6 Å². The monoisotopic (exact) mass is 161 g/mol. The summed E-state index contributed by atoms with van der Waals surface area (Å²) in [6, 6.07) is 0. The molecule has 1 fully saturated rings. The maximum atomic E-state index is 12.5. The van der Waals surface area contributed by atoms with E-state index in [1.165, 1.54) is 0 Å². The number of halogens is 1. The molecule has 0 bridgehead atoms. The number of nitrogens with zero attached hydrogens (tertiary/aromatic N) is 1. The zero-order valence-corrected chi connectivity index (χ0v) is 7.13. The van der Waals surface area contributed by atoms with Gasteiger partial charge in [0.2, 0.25) is 0 Å². The summed E-state index contributed by atoms with van der Waals surface area (Å²) >= 11 is 0. The van der Waals surface area contributed by atoms with Crippen LogP contribution in [0.5, 0.6) is 0 Å². The lowest BCUT2D eigenvalue weighted by molar-refractivity contribution is 0.124. The van der Waals surface area contributed by atoms with Crippen LogP contribution in [-0.4, -0.2) is 42.4 Å². The number of aliphatic hydroxyl groups excluding tert-OH is 1. The Balaban J connectivity index is 2.34. The van der Waals surface area contributed by atoms with Gasteiger partial charge in [0.05, 0.1) is 12.3 Å². The second-order valence-electron chi connectivity index (χ2n) is 3.57. The van der Waals surface area contributed by atoms with Crippen LogP contribution >= 0.6 is 0 Å². The van der Waals surface area contributed by atoms with Gasteiger partial charge in [-0.3, -0.25) is 0 Å². The smallest absolute Gasteiger partial charge is 0.0977 e. The zero-order valence-electron chi connectivity index (χ0n) is 7.13. The van der Waals surface area contributed by atoms with E-state index in [0.717, 1.165) is 6.54 Å². The Bertz CT molecular complexity index is 129. The van der Waals surface area contributed by atoms with E-state index < -0.39 is 6.17 Å². The van der Waals surface area contributed by atoms with Crippen LogP contribution in [-0.2, 0) is 0 Å². The Labute approximate surface area is 67.0 Å². The first kappa shape index (κ1) is 8.94. The van der Waals surface area contributed by atoms with E-state index in [2.05, 4.69) is 0 Å². The topological polar surface area (TPSA) is 23.5 Å². The van der Waals surface area contributed by atoms with Crippen LogP contribution in [0, 0.1) is 5.92 Å². The lowest BCUT2D eigenvalue weighted by Gasteiger charge is -2.13. The largest absolute Gasteiger partial charge is 0.391 e. The molecule has 3 heteroatoms. The molecule has 0 aromatic heterocycles. The van der Waals surface area contributed by atoms with Gasteiger partial charge in [0.25, 0.3) is 0 Å². The predicted octanol–water partition coefficient (Wildman–Crippen LogP) is 0.657. The molecule has 1 aliphatic rings. The van der Waals surface area contributed by atoms with Crippen molar-refractivity contribution in [3.63, 3.8) is 0 Å². The standard InChI is InChI=1S/C8H16FNO/c1-6(9)3-7-4-10(2)5-8(7)11/h6-8,11H,3-5H2,1-2H3. The number of hydrogen-bond donors (Lipinski definition) is 1. The lowest BCUT2D eigenvalue weighted by atomic mass is 10.00. The second-order valence-corrected chi connectivity index (χ2v) is 3.57. The van der Waals surface area contributed by atoms with Gasteiger partial charge in [-0.2, -0.15) is 0 Å². The van der Waals surface area contributed by atoms with Crippen molar-refractivity contribution in [3.8, 4) is 0 Å². The zero-order chi connectivity index (χ0) is 8.43. The van der Waals surface area contributed by atoms with Crippen molar-refractivity contribution in [1.29, 1.82) is 0 Å². The molecular formula is C8H16FNO. The first-order valence-corrected chi connectivity index (χ1v) is 4.10. The quantitative estimate of drug-likeness (QED) is 0.643. The number of aliphatic hydroxyl groups is 1. The summed E-state index contributed by atoms with van der Waals surface area (Å²) in [7, 11) is 1.95. The third kappa shape index (κ3) is 2.42. The van der Waals surface area contributed by atoms with Gasteiger partial charge >= 0.3 is 0 Å². The van der Waals surface area contributed by atoms with E-state index in [1.54, 1.807) is 6.92 Å². The minimum Gasteiger partial charge on any atom is -0.391 e. The number of rotatable bonds is 2.